The number of hydrogen-bond acceptors (Lipinski definition) is 1. The van der Waals surface area contributed by atoms with Crippen molar-refractivity contribution in [2.24, 2.45) is 0 Å². The Morgan fingerprint density at radius 2 is 2.00 bits per heavy atom. The number of likely N-dealkylation sites (tertiary alicyclic amines) is 1. The summed E-state index contributed by atoms with van der Waals surface area (Å²) in [6.45, 7) is 5.10. The average molecular weight is 243 g/mol. The van der Waals surface area contributed by atoms with Crippen LogP contribution in [0.2, 0.25) is 0 Å². The Kier molecular flexibility index (Phi) is 4.19. The second-order valence-corrected chi connectivity index (χ2v) is 5.12. The quantitative estimate of drug-likeness (QED) is 0.729. The SMILES string of the molecule is Cc1ccc(/C=C/C(=O)N2CCCC[C@H]2C)cc1. The number of amides is 1. The van der Waals surface area contributed by atoms with Crippen molar-refractivity contribution in [3.8, 4) is 0 Å². The van der Waals surface area contributed by atoms with E-state index in [0.29, 0.717) is 6.04 Å². The van der Waals surface area contributed by atoms with Crippen LogP contribution in [-0.4, -0.2) is 23.4 Å². The van der Waals surface area contributed by atoms with E-state index >= 15 is 0 Å². The van der Waals surface area contributed by atoms with Gasteiger partial charge in [-0.1, -0.05) is 29.8 Å². The minimum atomic E-state index is 0.141. The second kappa shape index (κ2) is 5.85. The lowest BCUT2D eigenvalue weighted by Gasteiger charge is -2.32. The van der Waals surface area contributed by atoms with Crippen molar-refractivity contribution in [3.63, 3.8) is 0 Å². The topological polar surface area (TPSA) is 20.3 Å². The number of carbonyl (C=O) groups excluding carboxylic acids is 1. The Morgan fingerprint density at radius 3 is 2.67 bits per heavy atom. The van der Waals surface area contributed by atoms with Crippen molar-refractivity contribution < 1.29 is 4.79 Å². The first kappa shape index (κ1) is 12.9. The Bertz CT molecular complexity index is 433. The van der Waals surface area contributed by atoms with Crippen molar-refractivity contribution >= 4 is 12.0 Å². The summed E-state index contributed by atoms with van der Waals surface area (Å²) in [5, 5.41) is 0. The summed E-state index contributed by atoms with van der Waals surface area (Å²) in [6, 6.07) is 8.59. The summed E-state index contributed by atoms with van der Waals surface area (Å²) in [7, 11) is 0. The summed E-state index contributed by atoms with van der Waals surface area (Å²) in [5.41, 5.74) is 2.32. The predicted octanol–water partition coefficient (Wildman–Crippen LogP) is 3.41. The molecular formula is C16H21NO. The van der Waals surface area contributed by atoms with Crippen molar-refractivity contribution in [2.75, 3.05) is 6.54 Å². The highest BCUT2D eigenvalue weighted by Crippen LogP contribution is 2.17. The lowest BCUT2D eigenvalue weighted by atomic mass is 10.0. The van der Waals surface area contributed by atoms with Gasteiger partial charge in [-0.3, -0.25) is 4.79 Å². The monoisotopic (exact) mass is 243 g/mol. The van der Waals surface area contributed by atoms with Gasteiger partial charge in [0.25, 0.3) is 0 Å². The van der Waals surface area contributed by atoms with E-state index in [9.17, 15) is 4.79 Å². The van der Waals surface area contributed by atoms with Gasteiger partial charge in [-0.25, -0.2) is 0 Å². The zero-order valence-electron chi connectivity index (χ0n) is 11.2. The molecule has 1 heterocycles. The molecule has 18 heavy (non-hydrogen) atoms. The first-order valence-electron chi connectivity index (χ1n) is 6.72. The number of benzene rings is 1. The van der Waals surface area contributed by atoms with Crippen LogP contribution in [0.1, 0.15) is 37.3 Å². The number of hydrogen-bond donors (Lipinski definition) is 0. The van der Waals surface area contributed by atoms with Gasteiger partial charge in [0.05, 0.1) is 0 Å². The molecule has 0 aromatic heterocycles. The Hall–Kier alpha value is -1.57. The molecule has 2 heteroatoms. The standard InChI is InChI=1S/C16H21NO/c1-13-6-8-15(9-7-13)10-11-16(18)17-12-4-3-5-14(17)2/h6-11,14H,3-5,12H2,1-2H3/b11-10+/t14-/m1/s1. The zero-order valence-corrected chi connectivity index (χ0v) is 11.2. The van der Waals surface area contributed by atoms with Crippen molar-refractivity contribution in [3.05, 3.63) is 41.5 Å². The van der Waals surface area contributed by atoms with E-state index in [4.69, 9.17) is 0 Å². The van der Waals surface area contributed by atoms with E-state index < -0.39 is 0 Å². The third-order valence-electron chi connectivity index (χ3n) is 3.58. The predicted molar refractivity (Wildman–Crippen MR) is 75.2 cm³/mol. The molecule has 1 aliphatic rings. The van der Waals surface area contributed by atoms with Gasteiger partial charge in [-0.2, -0.15) is 0 Å². The first-order valence-corrected chi connectivity index (χ1v) is 6.72. The van der Waals surface area contributed by atoms with Crippen LogP contribution in [0.25, 0.3) is 6.08 Å². The molecule has 0 unspecified atom stereocenters. The third-order valence-corrected chi connectivity index (χ3v) is 3.58. The molecular weight excluding hydrogens is 222 g/mol. The maximum absolute atomic E-state index is 12.1. The minimum absolute atomic E-state index is 0.141. The highest BCUT2D eigenvalue weighted by Gasteiger charge is 2.20. The third kappa shape index (κ3) is 3.22. The van der Waals surface area contributed by atoms with E-state index in [1.54, 1.807) is 6.08 Å². The zero-order chi connectivity index (χ0) is 13.0. The van der Waals surface area contributed by atoms with E-state index in [2.05, 4.69) is 26.0 Å². The van der Waals surface area contributed by atoms with Gasteiger partial charge in [0.1, 0.15) is 0 Å². The fourth-order valence-corrected chi connectivity index (χ4v) is 2.37. The molecule has 0 bridgehead atoms. The molecule has 0 spiro atoms. The van der Waals surface area contributed by atoms with Gasteiger partial charge in [0.2, 0.25) is 5.91 Å². The Labute approximate surface area is 109 Å². The number of carbonyl (C=O) groups is 1. The maximum atomic E-state index is 12.1. The van der Waals surface area contributed by atoms with Crippen molar-refractivity contribution in [1.29, 1.82) is 0 Å². The summed E-state index contributed by atoms with van der Waals surface area (Å²) >= 11 is 0. The Morgan fingerprint density at radius 1 is 1.28 bits per heavy atom. The molecule has 1 saturated heterocycles. The van der Waals surface area contributed by atoms with Crippen LogP contribution in [-0.2, 0) is 4.79 Å². The molecule has 2 rings (SSSR count). The van der Waals surface area contributed by atoms with E-state index in [0.717, 1.165) is 24.9 Å². The molecule has 1 amide bonds. The fraction of sp³-hybridized carbons (Fsp3) is 0.438. The number of rotatable bonds is 2. The van der Waals surface area contributed by atoms with Crippen LogP contribution >= 0.6 is 0 Å². The molecule has 1 aromatic rings. The van der Waals surface area contributed by atoms with Gasteiger partial charge in [0.15, 0.2) is 0 Å². The highest BCUT2D eigenvalue weighted by atomic mass is 16.2. The van der Waals surface area contributed by atoms with Crippen LogP contribution in [0.3, 0.4) is 0 Å². The largest absolute Gasteiger partial charge is 0.336 e. The molecule has 0 N–H and O–H groups in total. The summed E-state index contributed by atoms with van der Waals surface area (Å²) in [4.78, 5) is 14.1. The van der Waals surface area contributed by atoms with Gasteiger partial charge >= 0.3 is 0 Å². The van der Waals surface area contributed by atoms with E-state index in [-0.39, 0.29) is 5.91 Å². The van der Waals surface area contributed by atoms with Gasteiger partial charge in [0, 0.05) is 18.7 Å². The summed E-state index contributed by atoms with van der Waals surface area (Å²) < 4.78 is 0. The fourth-order valence-electron chi connectivity index (χ4n) is 2.37. The molecule has 2 nitrogen and oxygen atoms in total. The van der Waals surface area contributed by atoms with Gasteiger partial charge < -0.3 is 4.90 Å². The van der Waals surface area contributed by atoms with Crippen molar-refractivity contribution in [1.82, 2.24) is 4.90 Å². The smallest absolute Gasteiger partial charge is 0.246 e. The molecule has 1 atom stereocenters. The average Bonchev–Trinajstić information content (AvgIpc) is 2.38. The molecule has 96 valence electrons. The number of nitrogens with zero attached hydrogens (tertiary/aromatic N) is 1. The first-order chi connectivity index (χ1) is 8.66. The molecule has 1 fully saturated rings. The summed E-state index contributed by atoms with van der Waals surface area (Å²) in [6.07, 6.45) is 7.11. The van der Waals surface area contributed by atoms with Crippen LogP contribution in [0.4, 0.5) is 0 Å². The summed E-state index contributed by atoms with van der Waals surface area (Å²) in [5.74, 6) is 0.141. The van der Waals surface area contributed by atoms with Crippen LogP contribution in [0.5, 0.6) is 0 Å². The van der Waals surface area contributed by atoms with E-state index in [1.165, 1.54) is 12.0 Å². The maximum Gasteiger partial charge on any atom is 0.246 e. The molecule has 1 aliphatic heterocycles. The molecule has 0 saturated carbocycles. The lowest BCUT2D eigenvalue weighted by molar-refractivity contribution is -0.129. The lowest BCUT2D eigenvalue weighted by Crippen LogP contribution is -2.41. The number of piperidine rings is 1. The highest BCUT2D eigenvalue weighted by molar-refractivity contribution is 5.92. The van der Waals surface area contributed by atoms with Crippen LogP contribution in [0.15, 0.2) is 30.3 Å². The molecule has 0 radical (unpaired) electrons. The number of aryl methyl sites for hydroxylation is 1. The van der Waals surface area contributed by atoms with Gasteiger partial charge in [-0.05, 0) is 44.7 Å². The van der Waals surface area contributed by atoms with Crippen LogP contribution in [0, 0.1) is 6.92 Å². The van der Waals surface area contributed by atoms with Crippen molar-refractivity contribution in [2.45, 2.75) is 39.2 Å². The Balaban J connectivity index is 1.99. The van der Waals surface area contributed by atoms with E-state index in [1.807, 2.05) is 23.1 Å². The molecule has 0 aliphatic carbocycles. The second-order valence-electron chi connectivity index (χ2n) is 5.12. The van der Waals surface area contributed by atoms with Crippen LogP contribution < -0.4 is 0 Å². The molecule has 1 aromatic carbocycles. The normalized spacial score (nSPS) is 20.3. The minimum Gasteiger partial charge on any atom is -0.336 e. The van der Waals surface area contributed by atoms with Gasteiger partial charge in [-0.15, -0.1) is 0 Å².